The van der Waals surface area contributed by atoms with Gasteiger partial charge in [-0.05, 0) is 17.7 Å². The average molecular weight is 310 g/mol. The molecule has 1 aromatic heterocycles. The number of benzene rings is 1. The van der Waals surface area contributed by atoms with Gasteiger partial charge in [0, 0.05) is 25.9 Å². The number of methoxy groups -OCH3 is 1. The summed E-state index contributed by atoms with van der Waals surface area (Å²) in [6, 6.07) is 7.97. The SMILES string of the molecule is COc1cccc(C(CN)Sc2nnc(N(C)C)s2)c1. The first-order chi connectivity index (χ1) is 9.63. The predicted octanol–water partition coefficient (Wildman–Crippen LogP) is 2.40. The van der Waals surface area contributed by atoms with Crippen LogP contribution in [0.3, 0.4) is 0 Å². The van der Waals surface area contributed by atoms with Crippen molar-refractivity contribution in [3.05, 3.63) is 29.8 Å². The first-order valence-electron chi connectivity index (χ1n) is 6.15. The van der Waals surface area contributed by atoms with E-state index in [0.717, 1.165) is 20.8 Å². The van der Waals surface area contributed by atoms with Crippen LogP contribution >= 0.6 is 23.1 Å². The maximum atomic E-state index is 5.90. The molecule has 0 amide bonds. The van der Waals surface area contributed by atoms with Gasteiger partial charge >= 0.3 is 0 Å². The van der Waals surface area contributed by atoms with Crippen molar-refractivity contribution in [2.45, 2.75) is 9.59 Å². The highest BCUT2D eigenvalue weighted by atomic mass is 32.2. The first-order valence-corrected chi connectivity index (χ1v) is 7.85. The molecule has 1 aromatic carbocycles. The molecule has 20 heavy (non-hydrogen) atoms. The number of hydrogen-bond acceptors (Lipinski definition) is 7. The van der Waals surface area contributed by atoms with E-state index in [0.29, 0.717) is 6.54 Å². The fourth-order valence-electron chi connectivity index (χ4n) is 1.65. The van der Waals surface area contributed by atoms with E-state index in [1.165, 1.54) is 0 Å². The molecule has 2 aromatic rings. The Kier molecular flexibility index (Phi) is 5.22. The van der Waals surface area contributed by atoms with Crippen molar-refractivity contribution in [2.75, 3.05) is 32.6 Å². The van der Waals surface area contributed by atoms with Gasteiger partial charge in [-0.3, -0.25) is 0 Å². The number of nitrogens with two attached hydrogens (primary N) is 1. The molecule has 0 radical (unpaired) electrons. The van der Waals surface area contributed by atoms with Gasteiger partial charge in [-0.2, -0.15) is 0 Å². The van der Waals surface area contributed by atoms with Crippen molar-refractivity contribution in [2.24, 2.45) is 5.73 Å². The Morgan fingerprint density at radius 2 is 2.20 bits per heavy atom. The van der Waals surface area contributed by atoms with Crippen LogP contribution < -0.4 is 15.4 Å². The number of aromatic nitrogens is 2. The van der Waals surface area contributed by atoms with Crippen molar-refractivity contribution < 1.29 is 4.74 Å². The third-order valence-corrected chi connectivity index (χ3v) is 5.16. The van der Waals surface area contributed by atoms with Crippen LogP contribution in [0.15, 0.2) is 28.6 Å². The zero-order valence-corrected chi connectivity index (χ0v) is 13.4. The van der Waals surface area contributed by atoms with Crippen LogP contribution in [0.2, 0.25) is 0 Å². The number of nitrogens with zero attached hydrogens (tertiary/aromatic N) is 3. The fourth-order valence-corrected chi connectivity index (χ4v) is 3.62. The van der Waals surface area contributed by atoms with Gasteiger partial charge in [0.1, 0.15) is 5.75 Å². The number of thioether (sulfide) groups is 1. The maximum Gasteiger partial charge on any atom is 0.208 e. The molecule has 2 N–H and O–H groups in total. The predicted molar refractivity (Wildman–Crippen MR) is 84.9 cm³/mol. The topological polar surface area (TPSA) is 64.3 Å². The molecule has 1 heterocycles. The molecule has 0 saturated carbocycles. The lowest BCUT2D eigenvalue weighted by Gasteiger charge is -2.13. The Labute approximate surface area is 127 Å². The molecule has 0 aliphatic heterocycles. The minimum absolute atomic E-state index is 0.146. The second-order valence-electron chi connectivity index (χ2n) is 4.36. The van der Waals surface area contributed by atoms with Gasteiger partial charge in [0.2, 0.25) is 5.13 Å². The number of hydrogen-bond donors (Lipinski definition) is 1. The van der Waals surface area contributed by atoms with E-state index in [-0.39, 0.29) is 5.25 Å². The third-order valence-electron chi connectivity index (χ3n) is 2.70. The molecule has 7 heteroatoms. The lowest BCUT2D eigenvalue weighted by Crippen LogP contribution is -2.09. The van der Waals surface area contributed by atoms with Gasteiger partial charge in [-0.25, -0.2) is 0 Å². The molecule has 1 unspecified atom stereocenters. The highest BCUT2D eigenvalue weighted by molar-refractivity contribution is 8.01. The molecule has 0 bridgehead atoms. The van der Waals surface area contributed by atoms with Crippen LogP contribution in [0.1, 0.15) is 10.8 Å². The normalized spacial score (nSPS) is 12.2. The quantitative estimate of drug-likeness (QED) is 0.827. The maximum absolute atomic E-state index is 5.90. The Balaban J connectivity index is 2.15. The van der Waals surface area contributed by atoms with Gasteiger partial charge in [0.25, 0.3) is 0 Å². The molecule has 0 saturated heterocycles. The van der Waals surface area contributed by atoms with Crippen molar-refractivity contribution in [1.82, 2.24) is 10.2 Å². The van der Waals surface area contributed by atoms with Crippen LogP contribution in [-0.2, 0) is 0 Å². The highest BCUT2D eigenvalue weighted by Gasteiger charge is 2.16. The van der Waals surface area contributed by atoms with Crippen molar-refractivity contribution >= 4 is 28.2 Å². The summed E-state index contributed by atoms with van der Waals surface area (Å²) in [5.41, 5.74) is 7.03. The van der Waals surface area contributed by atoms with E-state index in [4.69, 9.17) is 10.5 Å². The van der Waals surface area contributed by atoms with Crippen LogP contribution in [0, 0.1) is 0 Å². The molecule has 1 atom stereocenters. The summed E-state index contributed by atoms with van der Waals surface area (Å²) in [4.78, 5) is 1.95. The van der Waals surface area contributed by atoms with E-state index in [1.807, 2.05) is 37.2 Å². The van der Waals surface area contributed by atoms with Gasteiger partial charge < -0.3 is 15.4 Å². The van der Waals surface area contributed by atoms with E-state index >= 15 is 0 Å². The van der Waals surface area contributed by atoms with E-state index in [9.17, 15) is 0 Å². The third kappa shape index (κ3) is 3.62. The summed E-state index contributed by atoms with van der Waals surface area (Å²) in [7, 11) is 5.58. The molecule has 5 nitrogen and oxygen atoms in total. The first kappa shape index (κ1) is 15.1. The summed E-state index contributed by atoms with van der Waals surface area (Å²) in [6.07, 6.45) is 0. The van der Waals surface area contributed by atoms with E-state index in [1.54, 1.807) is 30.2 Å². The molecule has 0 fully saturated rings. The molecular weight excluding hydrogens is 292 g/mol. The second-order valence-corrected chi connectivity index (χ2v) is 6.77. The molecule has 0 aliphatic carbocycles. The largest absolute Gasteiger partial charge is 0.497 e. The van der Waals surface area contributed by atoms with Gasteiger partial charge in [0.05, 0.1) is 7.11 Å². The minimum atomic E-state index is 0.146. The van der Waals surface area contributed by atoms with Crippen LogP contribution in [-0.4, -0.2) is 37.9 Å². The Bertz CT molecular complexity index is 559. The van der Waals surface area contributed by atoms with E-state index in [2.05, 4.69) is 16.3 Å². The van der Waals surface area contributed by atoms with Crippen LogP contribution in [0.4, 0.5) is 5.13 Å². The molecular formula is C13H18N4OS2. The van der Waals surface area contributed by atoms with Gasteiger partial charge in [0.15, 0.2) is 4.34 Å². The number of rotatable bonds is 6. The van der Waals surface area contributed by atoms with E-state index < -0.39 is 0 Å². The second kappa shape index (κ2) is 6.92. The summed E-state index contributed by atoms with van der Waals surface area (Å²) in [6.45, 7) is 0.536. The minimum Gasteiger partial charge on any atom is -0.497 e. The van der Waals surface area contributed by atoms with Crippen molar-refractivity contribution in [3.63, 3.8) is 0 Å². The summed E-state index contributed by atoms with van der Waals surface area (Å²) in [5, 5.41) is 9.38. The summed E-state index contributed by atoms with van der Waals surface area (Å²) >= 11 is 3.21. The zero-order chi connectivity index (χ0) is 14.5. The lowest BCUT2D eigenvalue weighted by molar-refractivity contribution is 0.414. The Hall–Kier alpha value is -1.31. The zero-order valence-electron chi connectivity index (χ0n) is 11.7. The van der Waals surface area contributed by atoms with Crippen molar-refractivity contribution in [3.8, 4) is 5.75 Å². The Morgan fingerprint density at radius 3 is 2.80 bits per heavy atom. The lowest BCUT2D eigenvalue weighted by atomic mass is 10.1. The van der Waals surface area contributed by atoms with Gasteiger partial charge in [-0.15, -0.1) is 10.2 Å². The number of ether oxygens (including phenoxy) is 1. The van der Waals surface area contributed by atoms with Crippen molar-refractivity contribution in [1.29, 1.82) is 0 Å². The standard InChI is InChI=1S/C13H18N4OS2/c1-17(2)12-15-16-13(20-12)19-11(8-14)9-5-4-6-10(7-9)18-3/h4-7,11H,8,14H2,1-3H3. The smallest absolute Gasteiger partial charge is 0.208 e. The molecule has 0 aliphatic rings. The highest BCUT2D eigenvalue weighted by Crippen LogP contribution is 2.38. The summed E-state index contributed by atoms with van der Waals surface area (Å²) in [5.74, 6) is 0.841. The molecule has 0 spiro atoms. The molecule has 108 valence electrons. The fraction of sp³-hybridized carbons (Fsp3) is 0.385. The number of anilines is 1. The molecule has 2 rings (SSSR count). The van der Waals surface area contributed by atoms with Crippen LogP contribution in [0.25, 0.3) is 0 Å². The van der Waals surface area contributed by atoms with Gasteiger partial charge in [-0.1, -0.05) is 35.2 Å². The summed E-state index contributed by atoms with van der Waals surface area (Å²) < 4.78 is 6.18. The van der Waals surface area contributed by atoms with Crippen LogP contribution in [0.5, 0.6) is 5.75 Å². The average Bonchev–Trinajstić information content (AvgIpc) is 2.93. The monoisotopic (exact) mass is 310 g/mol. The Morgan fingerprint density at radius 1 is 1.40 bits per heavy atom.